The molecule has 0 saturated heterocycles. The van der Waals surface area contributed by atoms with Gasteiger partial charge in [-0.2, -0.15) is 8.42 Å². The summed E-state index contributed by atoms with van der Waals surface area (Å²) in [5, 5.41) is 20.1. The molecule has 0 radical (unpaired) electrons. The lowest BCUT2D eigenvalue weighted by Crippen LogP contribution is -2.24. The van der Waals surface area contributed by atoms with Crippen LogP contribution in [0.4, 0.5) is 5.82 Å². The van der Waals surface area contributed by atoms with Gasteiger partial charge in [0.15, 0.2) is 0 Å². The van der Waals surface area contributed by atoms with Crippen LogP contribution in [0, 0.1) is 5.92 Å². The van der Waals surface area contributed by atoms with Crippen molar-refractivity contribution in [3.8, 4) is 0 Å². The average molecular weight is 452 g/mol. The van der Waals surface area contributed by atoms with Crippen LogP contribution in [0.25, 0.3) is 11.0 Å². The maximum atomic E-state index is 11.0. The molecule has 0 spiro atoms. The van der Waals surface area contributed by atoms with Crippen LogP contribution in [-0.4, -0.2) is 40.8 Å². The Bertz CT molecular complexity index is 1150. The Kier molecular flexibility index (Phi) is 5.94. The Labute approximate surface area is 179 Å². The predicted molar refractivity (Wildman–Crippen MR) is 113 cm³/mol. The first-order valence-electron chi connectivity index (χ1n) is 9.45. The van der Waals surface area contributed by atoms with Crippen LogP contribution in [0.1, 0.15) is 24.4 Å². The third-order valence-corrected chi connectivity index (χ3v) is 6.03. The van der Waals surface area contributed by atoms with Crippen molar-refractivity contribution in [3.05, 3.63) is 53.4 Å². The maximum absolute atomic E-state index is 11.0. The quantitative estimate of drug-likeness (QED) is 0.501. The second-order valence-electron chi connectivity index (χ2n) is 7.40. The minimum absolute atomic E-state index is 0.0396. The number of hydrogen-bond donors (Lipinski definition) is 3. The first-order valence-corrected chi connectivity index (χ1v) is 11.3. The van der Waals surface area contributed by atoms with E-state index in [4.69, 9.17) is 16.7 Å². The molecular formula is C19H22ClN5O4S. The molecule has 3 aromatic rings. The van der Waals surface area contributed by atoms with Gasteiger partial charge in [0.2, 0.25) is 0 Å². The molecule has 1 aliphatic carbocycles. The first-order chi connectivity index (χ1) is 14.3. The Morgan fingerprint density at radius 3 is 2.90 bits per heavy atom. The fourth-order valence-corrected chi connectivity index (χ4v) is 4.48. The number of aromatic nitrogens is 3. The van der Waals surface area contributed by atoms with Gasteiger partial charge in [0.25, 0.3) is 0 Å². The zero-order chi connectivity index (χ0) is 21.3. The van der Waals surface area contributed by atoms with Gasteiger partial charge < -0.3 is 15.0 Å². The van der Waals surface area contributed by atoms with Gasteiger partial charge in [-0.25, -0.2) is 15.1 Å². The van der Waals surface area contributed by atoms with Gasteiger partial charge in [0.1, 0.15) is 17.8 Å². The minimum Gasteiger partial charge on any atom is -0.393 e. The number of nitrogens with zero attached hydrogens (tertiary/aromatic N) is 3. The van der Waals surface area contributed by atoms with Gasteiger partial charge in [-0.3, -0.25) is 4.18 Å². The molecular weight excluding hydrogens is 430 g/mol. The van der Waals surface area contributed by atoms with Crippen molar-refractivity contribution in [2.45, 2.75) is 31.5 Å². The van der Waals surface area contributed by atoms with Crippen molar-refractivity contribution in [2.75, 3.05) is 11.9 Å². The molecule has 2 aromatic heterocycles. The molecule has 0 unspecified atom stereocenters. The summed E-state index contributed by atoms with van der Waals surface area (Å²) in [6, 6.07) is 9.48. The number of fused-ring (bicyclic) bond motifs is 1. The number of benzene rings is 1. The molecule has 11 heteroatoms. The largest absolute Gasteiger partial charge is 0.393 e. The maximum Gasteiger partial charge on any atom is 0.333 e. The molecule has 2 heterocycles. The van der Waals surface area contributed by atoms with Crippen LogP contribution in [0.3, 0.4) is 0 Å². The molecule has 4 N–H and O–H groups in total. The Morgan fingerprint density at radius 1 is 1.30 bits per heavy atom. The van der Waals surface area contributed by atoms with Crippen molar-refractivity contribution < 1.29 is 17.7 Å². The fraction of sp³-hybridized carbons (Fsp3) is 0.368. The van der Waals surface area contributed by atoms with Crippen molar-refractivity contribution in [1.29, 1.82) is 0 Å². The van der Waals surface area contributed by atoms with Crippen molar-refractivity contribution >= 4 is 38.8 Å². The van der Waals surface area contributed by atoms with E-state index in [-0.39, 0.29) is 18.6 Å². The molecule has 1 aromatic carbocycles. The van der Waals surface area contributed by atoms with Gasteiger partial charge in [-0.1, -0.05) is 23.7 Å². The third kappa shape index (κ3) is 4.73. The monoisotopic (exact) mass is 451 g/mol. The lowest BCUT2D eigenvalue weighted by molar-refractivity contribution is 0.100. The van der Waals surface area contributed by atoms with E-state index < -0.39 is 16.4 Å². The molecule has 160 valence electrons. The van der Waals surface area contributed by atoms with E-state index >= 15 is 0 Å². The number of nitrogens with two attached hydrogens (primary N) is 1. The molecule has 9 nitrogen and oxygen atoms in total. The number of halogens is 1. The van der Waals surface area contributed by atoms with Gasteiger partial charge in [0, 0.05) is 29.7 Å². The van der Waals surface area contributed by atoms with Gasteiger partial charge in [-0.15, -0.1) is 0 Å². The highest BCUT2D eigenvalue weighted by atomic mass is 35.5. The highest BCUT2D eigenvalue weighted by Gasteiger charge is 2.35. The van der Waals surface area contributed by atoms with Crippen LogP contribution >= 0.6 is 11.6 Å². The summed E-state index contributed by atoms with van der Waals surface area (Å²) in [5.74, 6) is 0.374. The second kappa shape index (κ2) is 8.48. The molecule has 1 saturated carbocycles. The van der Waals surface area contributed by atoms with E-state index in [1.54, 1.807) is 0 Å². The Hall–Kier alpha value is -2.24. The van der Waals surface area contributed by atoms with Crippen LogP contribution in [-0.2, 0) is 21.0 Å². The van der Waals surface area contributed by atoms with Gasteiger partial charge >= 0.3 is 10.3 Å². The molecule has 1 fully saturated rings. The summed E-state index contributed by atoms with van der Waals surface area (Å²) in [4.78, 5) is 8.76. The number of rotatable bonds is 7. The molecule has 0 amide bonds. The van der Waals surface area contributed by atoms with E-state index in [1.165, 1.54) is 6.33 Å². The van der Waals surface area contributed by atoms with E-state index in [9.17, 15) is 13.5 Å². The van der Waals surface area contributed by atoms with E-state index in [0.29, 0.717) is 30.2 Å². The lowest BCUT2D eigenvalue weighted by Gasteiger charge is -2.14. The minimum atomic E-state index is -4.03. The standard InChI is InChI=1S/C19H22ClN5O4S/c20-14-3-1-2-12(6-14)9-22-18-16-4-5-25(19(16)24-11-23-18)15-7-13(17(26)8-15)10-29-30(21,27)28/h1-6,11,13,15,17,26H,7-10H2,(H2,21,27,28)(H,22,23,24)/t13-,15+,17-/m0/s1. The Balaban J connectivity index is 1.50. The normalized spacial score (nSPS) is 21.9. The third-order valence-electron chi connectivity index (χ3n) is 5.33. The van der Waals surface area contributed by atoms with Gasteiger partial charge in [-0.05, 0) is 36.6 Å². The summed E-state index contributed by atoms with van der Waals surface area (Å²) >= 11 is 6.04. The molecule has 0 bridgehead atoms. The molecule has 3 atom stereocenters. The summed E-state index contributed by atoms with van der Waals surface area (Å²) in [7, 11) is -4.03. The fourth-order valence-electron chi connectivity index (χ4n) is 3.90. The Morgan fingerprint density at radius 2 is 2.13 bits per heavy atom. The smallest absolute Gasteiger partial charge is 0.333 e. The van der Waals surface area contributed by atoms with Crippen molar-refractivity contribution in [2.24, 2.45) is 11.1 Å². The number of aliphatic hydroxyl groups excluding tert-OH is 1. The van der Waals surface area contributed by atoms with Crippen molar-refractivity contribution in [1.82, 2.24) is 14.5 Å². The molecule has 4 rings (SSSR count). The number of hydrogen-bond acceptors (Lipinski definition) is 7. The molecule has 0 aliphatic heterocycles. The lowest BCUT2D eigenvalue weighted by atomic mass is 10.1. The molecule has 1 aliphatic rings. The number of aliphatic hydroxyl groups is 1. The SMILES string of the molecule is NS(=O)(=O)OC[C@@H]1C[C@@H](n2ccc3c(NCc4cccc(Cl)c4)ncnc32)C[C@@H]1O. The average Bonchev–Trinajstić information content (AvgIpc) is 3.28. The summed E-state index contributed by atoms with van der Waals surface area (Å²) < 4.78 is 28.7. The zero-order valence-corrected chi connectivity index (χ0v) is 17.6. The number of nitrogens with one attached hydrogen (secondary N) is 1. The van der Waals surface area contributed by atoms with Crippen LogP contribution in [0.5, 0.6) is 0 Å². The first kappa shape index (κ1) is 21.0. The summed E-state index contributed by atoms with van der Waals surface area (Å²) in [6.45, 7) is 0.421. The van der Waals surface area contributed by atoms with Gasteiger partial charge in [0.05, 0.1) is 18.1 Å². The van der Waals surface area contributed by atoms with E-state index in [2.05, 4.69) is 19.5 Å². The molecule has 30 heavy (non-hydrogen) atoms. The van der Waals surface area contributed by atoms with Crippen LogP contribution in [0.15, 0.2) is 42.9 Å². The van der Waals surface area contributed by atoms with Crippen molar-refractivity contribution in [3.63, 3.8) is 0 Å². The summed E-state index contributed by atoms with van der Waals surface area (Å²) in [6.07, 6.45) is 3.74. The van der Waals surface area contributed by atoms with Crippen LogP contribution < -0.4 is 10.5 Å². The zero-order valence-electron chi connectivity index (χ0n) is 16.0. The predicted octanol–water partition coefficient (Wildman–Crippen LogP) is 2.23. The second-order valence-corrected chi connectivity index (χ2v) is 9.05. The summed E-state index contributed by atoms with van der Waals surface area (Å²) in [5.41, 5.74) is 1.77. The topological polar surface area (TPSA) is 132 Å². The van der Waals surface area contributed by atoms with E-state index in [1.807, 2.05) is 41.1 Å². The highest BCUT2D eigenvalue weighted by Crippen LogP contribution is 2.37. The number of anilines is 1. The van der Waals surface area contributed by atoms with E-state index in [0.717, 1.165) is 16.6 Å². The van der Waals surface area contributed by atoms with Crippen LogP contribution in [0.2, 0.25) is 5.02 Å². The highest BCUT2D eigenvalue weighted by molar-refractivity contribution is 7.84.